The lowest BCUT2D eigenvalue weighted by molar-refractivity contribution is -0.137. The molecule has 0 aliphatic carbocycles. The van der Waals surface area contributed by atoms with Gasteiger partial charge in [-0.15, -0.1) is 12.4 Å². The average Bonchev–Trinajstić information content (AvgIpc) is 3.04. The van der Waals surface area contributed by atoms with Gasteiger partial charge in [-0.1, -0.05) is 18.2 Å². The topological polar surface area (TPSA) is 55.6 Å². The van der Waals surface area contributed by atoms with Crippen LogP contribution in [0.2, 0.25) is 0 Å². The van der Waals surface area contributed by atoms with Gasteiger partial charge < -0.3 is 15.4 Å². The molecule has 3 rings (SSSR count). The molecule has 0 bridgehead atoms. The number of hydrogen-bond donors (Lipinski definition) is 1. The minimum atomic E-state index is -0.343. The van der Waals surface area contributed by atoms with Crippen LogP contribution >= 0.6 is 12.4 Å². The van der Waals surface area contributed by atoms with E-state index < -0.39 is 0 Å². The first-order valence-electron chi connectivity index (χ1n) is 6.94. The van der Waals surface area contributed by atoms with Gasteiger partial charge in [0, 0.05) is 25.6 Å². The van der Waals surface area contributed by atoms with Gasteiger partial charge in [0.05, 0.1) is 0 Å². The van der Waals surface area contributed by atoms with Gasteiger partial charge in [-0.25, -0.2) is 0 Å². The van der Waals surface area contributed by atoms with Crippen molar-refractivity contribution in [1.29, 1.82) is 0 Å². The zero-order valence-corrected chi connectivity index (χ0v) is 12.4. The number of carbonyl (C=O) groups is 1. The summed E-state index contributed by atoms with van der Waals surface area (Å²) in [5.41, 5.74) is 7.04. The van der Waals surface area contributed by atoms with Crippen molar-refractivity contribution in [2.45, 2.75) is 31.9 Å². The maximum absolute atomic E-state index is 12.4. The summed E-state index contributed by atoms with van der Waals surface area (Å²) in [6.45, 7) is 3.59. The SMILES string of the molecule is CC(N)C1CCN(C(=O)C2Cc3ccccc3O2)C1.Cl. The summed E-state index contributed by atoms with van der Waals surface area (Å²) >= 11 is 0. The predicted molar refractivity (Wildman–Crippen MR) is 80.1 cm³/mol. The molecule has 1 fully saturated rings. The number of halogens is 1. The van der Waals surface area contributed by atoms with E-state index in [1.807, 2.05) is 36.1 Å². The summed E-state index contributed by atoms with van der Waals surface area (Å²) in [6, 6.07) is 8.03. The van der Waals surface area contributed by atoms with Crippen LogP contribution in [0.25, 0.3) is 0 Å². The van der Waals surface area contributed by atoms with Crippen molar-refractivity contribution >= 4 is 18.3 Å². The van der Waals surface area contributed by atoms with Gasteiger partial charge >= 0.3 is 0 Å². The minimum absolute atomic E-state index is 0. The Hall–Kier alpha value is -1.26. The summed E-state index contributed by atoms with van der Waals surface area (Å²) in [6.07, 6.45) is 1.35. The summed E-state index contributed by atoms with van der Waals surface area (Å²) in [5, 5.41) is 0. The third-order valence-electron chi connectivity index (χ3n) is 4.20. The maximum Gasteiger partial charge on any atom is 0.264 e. The van der Waals surface area contributed by atoms with Crippen LogP contribution in [-0.2, 0) is 11.2 Å². The van der Waals surface area contributed by atoms with Gasteiger partial charge in [0.1, 0.15) is 5.75 Å². The molecule has 0 saturated carbocycles. The molecule has 1 amide bonds. The molecule has 0 radical (unpaired) electrons. The maximum atomic E-state index is 12.4. The fourth-order valence-electron chi connectivity index (χ4n) is 2.94. The second kappa shape index (κ2) is 6.02. The Morgan fingerprint density at radius 2 is 2.20 bits per heavy atom. The van der Waals surface area contributed by atoms with E-state index >= 15 is 0 Å². The van der Waals surface area contributed by atoms with Crippen LogP contribution in [0.15, 0.2) is 24.3 Å². The number of hydrogen-bond acceptors (Lipinski definition) is 3. The molecule has 2 N–H and O–H groups in total. The quantitative estimate of drug-likeness (QED) is 0.902. The van der Waals surface area contributed by atoms with Crippen molar-refractivity contribution in [3.63, 3.8) is 0 Å². The largest absolute Gasteiger partial charge is 0.480 e. The standard InChI is InChI=1S/C15H20N2O2.ClH/c1-10(16)12-6-7-17(9-12)15(18)14-8-11-4-2-3-5-13(11)19-14;/h2-5,10,12,14H,6-9,16H2,1H3;1H. The summed E-state index contributed by atoms with van der Waals surface area (Å²) in [7, 11) is 0. The molecule has 4 nitrogen and oxygen atoms in total. The van der Waals surface area contributed by atoms with Gasteiger partial charge in [0.15, 0.2) is 6.10 Å². The minimum Gasteiger partial charge on any atom is -0.480 e. The Balaban J connectivity index is 0.00000147. The van der Waals surface area contributed by atoms with E-state index in [2.05, 4.69) is 0 Å². The van der Waals surface area contributed by atoms with E-state index in [1.165, 1.54) is 0 Å². The molecule has 3 unspecified atom stereocenters. The van der Waals surface area contributed by atoms with Crippen molar-refractivity contribution in [1.82, 2.24) is 4.90 Å². The van der Waals surface area contributed by atoms with Crippen molar-refractivity contribution < 1.29 is 9.53 Å². The van der Waals surface area contributed by atoms with Crippen LogP contribution < -0.4 is 10.5 Å². The lowest BCUT2D eigenvalue weighted by Gasteiger charge is -2.21. The van der Waals surface area contributed by atoms with E-state index in [4.69, 9.17) is 10.5 Å². The van der Waals surface area contributed by atoms with Gasteiger partial charge in [-0.05, 0) is 30.9 Å². The van der Waals surface area contributed by atoms with E-state index in [1.54, 1.807) is 0 Å². The molecule has 5 heteroatoms. The lowest BCUT2D eigenvalue weighted by Crippen LogP contribution is -2.41. The summed E-state index contributed by atoms with van der Waals surface area (Å²) < 4.78 is 5.75. The summed E-state index contributed by atoms with van der Waals surface area (Å²) in [5.74, 6) is 1.39. The van der Waals surface area contributed by atoms with Crippen LogP contribution in [0, 0.1) is 5.92 Å². The number of likely N-dealkylation sites (tertiary alicyclic amines) is 1. The molecule has 2 aliphatic rings. The first-order chi connectivity index (χ1) is 9.15. The number of fused-ring (bicyclic) bond motifs is 1. The molecule has 3 atom stereocenters. The zero-order chi connectivity index (χ0) is 13.4. The smallest absolute Gasteiger partial charge is 0.264 e. The second-order valence-corrected chi connectivity index (χ2v) is 5.61. The zero-order valence-electron chi connectivity index (χ0n) is 11.6. The van der Waals surface area contributed by atoms with Gasteiger partial charge in [0.2, 0.25) is 0 Å². The number of nitrogens with zero attached hydrogens (tertiary/aromatic N) is 1. The van der Waals surface area contributed by atoms with Crippen LogP contribution in [-0.4, -0.2) is 36.0 Å². The highest BCUT2D eigenvalue weighted by molar-refractivity contribution is 5.85. The molecule has 2 aliphatic heterocycles. The average molecular weight is 297 g/mol. The highest BCUT2D eigenvalue weighted by atomic mass is 35.5. The van der Waals surface area contributed by atoms with Crippen molar-refractivity contribution in [3.05, 3.63) is 29.8 Å². The molecular formula is C15H21ClN2O2. The first kappa shape index (κ1) is 15.1. The highest BCUT2D eigenvalue weighted by Crippen LogP contribution is 2.30. The number of rotatable bonds is 2. The molecule has 0 aromatic heterocycles. The number of ether oxygens (including phenoxy) is 1. The van der Waals surface area contributed by atoms with Gasteiger partial charge in [-0.3, -0.25) is 4.79 Å². The molecule has 1 saturated heterocycles. The van der Waals surface area contributed by atoms with Crippen LogP contribution in [0.4, 0.5) is 0 Å². The Labute approximate surface area is 125 Å². The van der Waals surface area contributed by atoms with Crippen molar-refractivity contribution in [3.8, 4) is 5.75 Å². The van der Waals surface area contributed by atoms with E-state index in [9.17, 15) is 4.79 Å². The van der Waals surface area contributed by atoms with Crippen molar-refractivity contribution in [2.24, 2.45) is 11.7 Å². The molecule has 0 spiro atoms. The number of nitrogens with two attached hydrogens (primary N) is 1. The fourth-order valence-corrected chi connectivity index (χ4v) is 2.94. The Morgan fingerprint density at radius 3 is 2.85 bits per heavy atom. The van der Waals surface area contributed by atoms with Gasteiger partial charge in [0.25, 0.3) is 5.91 Å². The van der Waals surface area contributed by atoms with Crippen LogP contribution in [0.5, 0.6) is 5.75 Å². The summed E-state index contributed by atoms with van der Waals surface area (Å²) in [4.78, 5) is 14.4. The fraction of sp³-hybridized carbons (Fsp3) is 0.533. The Bertz CT molecular complexity index is 468. The predicted octanol–water partition coefficient (Wildman–Crippen LogP) is 1.61. The lowest BCUT2D eigenvalue weighted by atomic mass is 10.0. The van der Waals surface area contributed by atoms with E-state index in [-0.39, 0.29) is 30.5 Å². The number of amides is 1. The first-order valence-corrected chi connectivity index (χ1v) is 6.94. The van der Waals surface area contributed by atoms with Crippen molar-refractivity contribution in [2.75, 3.05) is 13.1 Å². The normalized spacial score (nSPS) is 25.6. The number of para-hydroxylation sites is 1. The monoisotopic (exact) mass is 296 g/mol. The van der Waals surface area contributed by atoms with Crippen LogP contribution in [0.3, 0.4) is 0 Å². The second-order valence-electron chi connectivity index (χ2n) is 5.61. The molecule has 1 aromatic rings. The van der Waals surface area contributed by atoms with Gasteiger partial charge in [-0.2, -0.15) is 0 Å². The molecule has 20 heavy (non-hydrogen) atoms. The van der Waals surface area contributed by atoms with E-state index in [0.29, 0.717) is 12.3 Å². The number of carbonyl (C=O) groups excluding carboxylic acids is 1. The van der Waals surface area contributed by atoms with E-state index in [0.717, 1.165) is 30.8 Å². The highest BCUT2D eigenvalue weighted by Gasteiger charge is 2.36. The van der Waals surface area contributed by atoms with Crippen LogP contribution in [0.1, 0.15) is 18.9 Å². The Kier molecular flexibility index (Phi) is 4.55. The molecular weight excluding hydrogens is 276 g/mol. The third kappa shape index (κ3) is 2.76. The Morgan fingerprint density at radius 1 is 1.45 bits per heavy atom. The molecule has 2 heterocycles. The third-order valence-corrected chi connectivity index (χ3v) is 4.20. The molecule has 1 aromatic carbocycles. The molecule has 110 valence electrons. The number of benzene rings is 1.